The number of aliphatic hydroxyl groups is 2. The number of carbonyl (C=O) groups excluding carboxylic acids is 1. The lowest BCUT2D eigenvalue weighted by Gasteiger charge is -2.24. The summed E-state index contributed by atoms with van der Waals surface area (Å²) in [6, 6.07) is 7.36. The Bertz CT molecular complexity index is 671. The average molecular weight is 315 g/mol. The molecule has 1 amide bonds. The number of aliphatic hydroxyl groups excluding tert-OH is 1. The summed E-state index contributed by atoms with van der Waals surface area (Å²) >= 11 is 0. The molecule has 23 heavy (non-hydrogen) atoms. The molecule has 1 unspecified atom stereocenters. The van der Waals surface area contributed by atoms with Gasteiger partial charge < -0.3 is 20.1 Å². The van der Waals surface area contributed by atoms with Crippen molar-refractivity contribution in [1.29, 1.82) is 0 Å². The number of hydrogen-bond acceptors (Lipinski definition) is 4. The first-order chi connectivity index (χ1) is 11.1. The van der Waals surface area contributed by atoms with Crippen LogP contribution in [0.25, 0.3) is 11.4 Å². The Morgan fingerprint density at radius 3 is 2.96 bits per heavy atom. The van der Waals surface area contributed by atoms with Crippen LogP contribution in [0.5, 0.6) is 0 Å². The van der Waals surface area contributed by atoms with Crippen LogP contribution < -0.4 is 0 Å². The lowest BCUT2D eigenvalue weighted by atomic mass is 9.96. The van der Waals surface area contributed by atoms with E-state index in [-0.39, 0.29) is 12.5 Å². The highest BCUT2D eigenvalue weighted by atomic mass is 16.3. The summed E-state index contributed by atoms with van der Waals surface area (Å²) < 4.78 is 0. The molecule has 0 bridgehead atoms. The number of hydrogen-bond donors (Lipinski definition) is 3. The zero-order valence-corrected chi connectivity index (χ0v) is 12.9. The standard InChI is InChI=1S/C17H21N3O3/c21-12-17(23)5-2-9-20(10-6-17)16(22)14-4-1-3-13(11-14)15-18-7-8-19-15/h1,3-4,7-8,11,21,23H,2,5-6,9-10,12H2,(H,18,19). The van der Waals surface area contributed by atoms with Crippen LogP contribution in [0.1, 0.15) is 29.6 Å². The molecule has 1 aliphatic heterocycles. The molecule has 1 aliphatic rings. The highest BCUT2D eigenvalue weighted by molar-refractivity contribution is 5.95. The van der Waals surface area contributed by atoms with Gasteiger partial charge in [-0.1, -0.05) is 12.1 Å². The molecule has 3 N–H and O–H groups in total. The van der Waals surface area contributed by atoms with E-state index in [0.717, 1.165) is 11.4 Å². The molecule has 122 valence electrons. The maximum absolute atomic E-state index is 12.7. The third kappa shape index (κ3) is 3.43. The van der Waals surface area contributed by atoms with Gasteiger partial charge in [0.15, 0.2) is 0 Å². The van der Waals surface area contributed by atoms with Gasteiger partial charge in [0, 0.05) is 36.6 Å². The number of imidazole rings is 1. The fraction of sp³-hybridized carbons (Fsp3) is 0.412. The van der Waals surface area contributed by atoms with Gasteiger partial charge in [-0.15, -0.1) is 0 Å². The van der Waals surface area contributed by atoms with Crippen molar-refractivity contribution in [3.8, 4) is 11.4 Å². The summed E-state index contributed by atoms with van der Waals surface area (Å²) in [5.74, 6) is 0.672. The van der Waals surface area contributed by atoms with Crippen LogP contribution in [0.2, 0.25) is 0 Å². The molecule has 0 radical (unpaired) electrons. The van der Waals surface area contributed by atoms with Crippen molar-refractivity contribution in [3.63, 3.8) is 0 Å². The summed E-state index contributed by atoms with van der Waals surface area (Å²) in [5.41, 5.74) is 0.404. The highest BCUT2D eigenvalue weighted by Crippen LogP contribution is 2.23. The van der Waals surface area contributed by atoms with Crippen molar-refractivity contribution in [2.75, 3.05) is 19.7 Å². The monoisotopic (exact) mass is 315 g/mol. The second-order valence-corrected chi connectivity index (χ2v) is 6.05. The van der Waals surface area contributed by atoms with Gasteiger partial charge in [0.2, 0.25) is 0 Å². The van der Waals surface area contributed by atoms with E-state index in [0.29, 0.717) is 37.9 Å². The van der Waals surface area contributed by atoms with Crippen LogP contribution in [-0.4, -0.2) is 56.3 Å². The first-order valence-corrected chi connectivity index (χ1v) is 7.84. The molecule has 6 nitrogen and oxygen atoms in total. The zero-order chi connectivity index (χ0) is 16.3. The van der Waals surface area contributed by atoms with E-state index in [9.17, 15) is 15.0 Å². The Labute approximate surface area is 134 Å². The van der Waals surface area contributed by atoms with Crippen LogP contribution in [0.4, 0.5) is 0 Å². The molecule has 1 saturated heterocycles. The summed E-state index contributed by atoms with van der Waals surface area (Å²) in [4.78, 5) is 21.7. The molecule has 1 atom stereocenters. The molecule has 1 aromatic carbocycles. The summed E-state index contributed by atoms with van der Waals surface area (Å²) in [6.45, 7) is 0.774. The number of aromatic amines is 1. The molecule has 0 saturated carbocycles. The first kappa shape index (κ1) is 15.7. The van der Waals surface area contributed by atoms with E-state index < -0.39 is 5.60 Å². The molecular formula is C17H21N3O3. The van der Waals surface area contributed by atoms with E-state index in [1.54, 1.807) is 23.4 Å². The van der Waals surface area contributed by atoms with E-state index >= 15 is 0 Å². The molecule has 1 fully saturated rings. The molecular weight excluding hydrogens is 294 g/mol. The van der Waals surface area contributed by atoms with E-state index in [1.165, 1.54) is 0 Å². The normalized spacial score (nSPS) is 21.9. The van der Waals surface area contributed by atoms with Crippen LogP contribution in [0, 0.1) is 0 Å². The van der Waals surface area contributed by atoms with Gasteiger partial charge in [-0.05, 0) is 31.4 Å². The van der Waals surface area contributed by atoms with Gasteiger partial charge in [0.1, 0.15) is 5.82 Å². The largest absolute Gasteiger partial charge is 0.393 e. The number of amides is 1. The maximum Gasteiger partial charge on any atom is 0.253 e. The van der Waals surface area contributed by atoms with Crippen LogP contribution in [-0.2, 0) is 0 Å². The van der Waals surface area contributed by atoms with Gasteiger partial charge in [0.25, 0.3) is 5.91 Å². The number of nitrogens with zero attached hydrogens (tertiary/aromatic N) is 2. The van der Waals surface area contributed by atoms with Gasteiger partial charge in [-0.25, -0.2) is 4.98 Å². The molecule has 6 heteroatoms. The maximum atomic E-state index is 12.7. The molecule has 2 heterocycles. The minimum atomic E-state index is -1.06. The van der Waals surface area contributed by atoms with Crippen LogP contribution in [0.15, 0.2) is 36.7 Å². The number of rotatable bonds is 3. The lowest BCUT2D eigenvalue weighted by molar-refractivity contribution is -0.0250. The zero-order valence-electron chi connectivity index (χ0n) is 12.9. The second kappa shape index (κ2) is 6.52. The Hall–Kier alpha value is -2.18. The predicted octanol–water partition coefficient (Wildman–Crippen LogP) is 1.43. The number of likely N-dealkylation sites (tertiary alicyclic amines) is 1. The molecule has 0 spiro atoms. The fourth-order valence-corrected chi connectivity index (χ4v) is 2.95. The molecule has 2 aromatic rings. The third-order valence-corrected chi connectivity index (χ3v) is 4.38. The van der Waals surface area contributed by atoms with E-state index in [2.05, 4.69) is 9.97 Å². The predicted molar refractivity (Wildman–Crippen MR) is 85.8 cm³/mol. The Morgan fingerprint density at radius 1 is 1.35 bits per heavy atom. The van der Waals surface area contributed by atoms with E-state index in [4.69, 9.17) is 0 Å². The minimum Gasteiger partial charge on any atom is -0.393 e. The Kier molecular flexibility index (Phi) is 4.45. The first-order valence-electron chi connectivity index (χ1n) is 7.84. The SMILES string of the molecule is O=C(c1cccc(-c2ncc[nH]2)c1)N1CCCC(O)(CO)CC1. The highest BCUT2D eigenvalue weighted by Gasteiger charge is 2.31. The van der Waals surface area contributed by atoms with Crippen molar-refractivity contribution >= 4 is 5.91 Å². The van der Waals surface area contributed by atoms with Crippen molar-refractivity contribution in [3.05, 3.63) is 42.2 Å². The number of benzene rings is 1. The Morgan fingerprint density at radius 2 is 2.22 bits per heavy atom. The molecule has 0 aliphatic carbocycles. The summed E-state index contributed by atoms with van der Waals surface area (Å²) in [5, 5.41) is 19.5. The fourth-order valence-electron chi connectivity index (χ4n) is 2.95. The smallest absolute Gasteiger partial charge is 0.253 e. The van der Waals surface area contributed by atoms with E-state index in [1.807, 2.05) is 18.2 Å². The Balaban J connectivity index is 1.77. The lowest BCUT2D eigenvalue weighted by Crippen LogP contribution is -2.36. The topological polar surface area (TPSA) is 89.5 Å². The summed E-state index contributed by atoms with van der Waals surface area (Å²) in [6.07, 6.45) is 5.01. The quantitative estimate of drug-likeness (QED) is 0.799. The van der Waals surface area contributed by atoms with Crippen LogP contribution >= 0.6 is 0 Å². The van der Waals surface area contributed by atoms with Crippen molar-refractivity contribution < 1.29 is 15.0 Å². The molecule has 3 rings (SSSR count). The van der Waals surface area contributed by atoms with Gasteiger partial charge in [-0.3, -0.25) is 4.79 Å². The van der Waals surface area contributed by atoms with Crippen LogP contribution in [0.3, 0.4) is 0 Å². The van der Waals surface area contributed by atoms with Crippen molar-refractivity contribution in [1.82, 2.24) is 14.9 Å². The molecule has 1 aromatic heterocycles. The second-order valence-electron chi connectivity index (χ2n) is 6.05. The number of aromatic nitrogens is 2. The van der Waals surface area contributed by atoms with Crippen molar-refractivity contribution in [2.24, 2.45) is 0 Å². The average Bonchev–Trinajstić information content (AvgIpc) is 3.05. The van der Waals surface area contributed by atoms with Gasteiger partial charge in [-0.2, -0.15) is 0 Å². The van der Waals surface area contributed by atoms with Gasteiger partial charge in [0.05, 0.1) is 12.2 Å². The van der Waals surface area contributed by atoms with Gasteiger partial charge >= 0.3 is 0 Å². The van der Waals surface area contributed by atoms with Crippen molar-refractivity contribution in [2.45, 2.75) is 24.9 Å². The number of carbonyl (C=O) groups is 1. The number of nitrogens with one attached hydrogen (secondary N) is 1. The minimum absolute atomic E-state index is 0.0550. The third-order valence-electron chi connectivity index (χ3n) is 4.38. The number of H-pyrrole nitrogens is 1. The summed E-state index contributed by atoms with van der Waals surface area (Å²) in [7, 11) is 0.